The minimum absolute atomic E-state index is 0. The zero-order valence-corrected chi connectivity index (χ0v) is 7.58. The minimum atomic E-state index is -3.50. The first-order valence-corrected chi connectivity index (χ1v) is 4.61. The van der Waals surface area contributed by atoms with Crippen LogP contribution in [0.4, 0.5) is 0 Å². The van der Waals surface area contributed by atoms with Crippen LogP contribution in [0.5, 0.6) is 0 Å². The largest absolute Gasteiger partial charge is 0.412 e. The van der Waals surface area contributed by atoms with Crippen LogP contribution in [0.3, 0.4) is 0 Å². The van der Waals surface area contributed by atoms with Crippen molar-refractivity contribution in [3.05, 3.63) is 30.3 Å². The Bertz CT molecular complexity index is 326. The van der Waals surface area contributed by atoms with Gasteiger partial charge in [0.1, 0.15) is 0 Å². The number of benzene rings is 1. The van der Waals surface area contributed by atoms with Gasteiger partial charge in [0.15, 0.2) is 9.87 Å². The van der Waals surface area contributed by atoms with Gasteiger partial charge in [-0.25, -0.2) is 13.6 Å². The molecule has 0 unspecified atom stereocenters. The van der Waals surface area contributed by atoms with Crippen molar-refractivity contribution >= 4 is 21.9 Å². The molecule has 1 aromatic carbocycles. The van der Waals surface area contributed by atoms with Gasteiger partial charge in [-0.15, -0.1) is 0 Å². The number of rotatable bonds is 2. The number of hydrogen-bond donors (Lipinski definition) is 1. The molecule has 5 nitrogen and oxygen atoms in total. The third kappa shape index (κ3) is 6.29. The van der Waals surface area contributed by atoms with Crippen molar-refractivity contribution in [2.75, 3.05) is 0 Å². The second-order valence-electron chi connectivity index (χ2n) is 2.12. The SMILES string of the molecule is NS(=O)(=O)[B]c1ccccc1.O.O. The van der Waals surface area contributed by atoms with Crippen molar-refractivity contribution < 1.29 is 19.4 Å². The second kappa shape index (κ2) is 5.71. The molecule has 1 rings (SSSR count). The van der Waals surface area contributed by atoms with Crippen LogP contribution in [0.1, 0.15) is 0 Å². The summed E-state index contributed by atoms with van der Waals surface area (Å²) in [5, 5.41) is 4.78. The third-order valence-corrected chi connectivity index (χ3v) is 1.70. The smallest absolute Gasteiger partial charge is 0.337 e. The molecule has 0 saturated heterocycles. The van der Waals surface area contributed by atoms with Crippen molar-refractivity contribution in [3.63, 3.8) is 0 Å². The van der Waals surface area contributed by atoms with Crippen molar-refractivity contribution in [1.82, 2.24) is 0 Å². The predicted molar refractivity (Wildman–Crippen MR) is 52.2 cm³/mol. The van der Waals surface area contributed by atoms with E-state index in [1.54, 1.807) is 30.3 Å². The summed E-state index contributed by atoms with van der Waals surface area (Å²) in [6, 6.07) is 8.64. The molecule has 1 radical (unpaired) electrons. The average Bonchev–Trinajstić information content (AvgIpc) is 1.85. The summed E-state index contributed by atoms with van der Waals surface area (Å²) in [4.78, 5) is 0. The van der Waals surface area contributed by atoms with E-state index < -0.39 is 9.87 Å². The molecule has 0 fully saturated rings. The van der Waals surface area contributed by atoms with E-state index in [0.29, 0.717) is 5.46 Å². The van der Waals surface area contributed by atoms with Crippen LogP contribution >= 0.6 is 0 Å². The lowest BCUT2D eigenvalue weighted by Gasteiger charge is -1.93. The Hall–Kier alpha value is -0.885. The first kappa shape index (κ1) is 14.6. The van der Waals surface area contributed by atoms with Crippen LogP contribution in [-0.2, 0) is 9.87 Å². The normalized spacial score (nSPS) is 9.31. The monoisotopic (exact) mass is 204 g/mol. The van der Waals surface area contributed by atoms with Gasteiger partial charge < -0.3 is 11.0 Å². The van der Waals surface area contributed by atoms with Gasteiger partial charge in [-0.2, -0.15) is 0 Å². The Balaban J connectivity index is 0. The number of hydrogen-bond acceptors (Lipinski definition) is 2. The lowest BCUT2D eigenvalue weighted by Crippen LogP contribution is -2.29. The molecule has 0 saturated carbocycles. The maximum Gasteiger partial charge on any atom is 0.337 e. The fraction of sp³-hybridized carbons (Fsp3) is 0. The van der Waals surface area contributed by atoms with Crippen molar-refractivity contribution in [2.45, 2.75) is 0 Å². The predicted octanol–water partition coefficient (Wildman–Crippen LogP) is -2.43. The van der Waals surface area contributed by atoms with Gasteiger partial charge in [0.25, 0.3) is 0 Å². The van der Waals surface area contributed by atoms with Gasteiger partial charge in [0, 0.05) is 0 Å². The van der Waals surface area contributed by atoms with E-state index in [1.807, 2.05) is 0 Å². The Labute approximate surface area is 77.4 Å². The molecule has 0 bridgehead atoms. The quantitative estimate of drug-likeness (QED) is 0.538. The van der Waals surface area contributed by atoms with Crippen molar-refractivity contribution in [3.8, 4) is 0 Å². The molecule has 0 aliphatic heterocycles. The maximum atomic E-state index is 10.5. The average molecular weight is 204 g/mol. The Morgan fingerprint density at radius 2 is 1.54 bits per heavy atom. The molecule has 0 amide bonds. The lowest BCUT2D eigenvalue weighted by atomic mass is 9.95. The Kier molecular flexibility index (Phi) is 6.42. The van der Waals surface area contributed by atoms with E-state index in [4.69, 9.17) is 5.14 Å². The standard InChI is InChI=1S/C6H7BNO2S.2H2O/c8-11(9,10)7-6-4-2-1-3-5-6;;/h1-5H,(H2,8,9,10);2*1H2. The van der Waals surface area contributed by atoms with Gasteiger partial charge in [-0.1, -0.05) is 35.8 Å². The maximum absolute atomic E-state index is 10.5. The van der Waals surface area contributed by atoms with Gasteiger partial charge in [-0.3, -0.25) is 0 Å². The molecule has 73 valence electrons. The lowest BCUT2D eigenvalue weighted by molar-refractivity contribution is 0.610. The molecule has 13 heavy (non-hydrogen) atoms. The molecule has 0 aromatic heterocycles. The molecule has 1 aromatic rings. The highest BCUT2D eigenvalue weighted by Crippen LogP contribution is 1.82. The highest BCUT2D eigenvalue weighted by molar-refractivity contribution is 8.14. The zero-order valence-electron chi connectivity index (χ0n) is 6.77. The van der Waals surface area contributed by atoms with E-state index in [-0.39, 0.29) is 11.0 Å². The Morgan fingerprint density at radius 3 is 1.92 bits per heavy atom. The summed E-state index contributed by atoms with van der Waals surface area (Å²) < 4.78 is 21.0. The molecule has 7 heteroatoms. The molecule has 0 spiro atoms. The Morgan fingerprint density at radius 1 is 1.08 bits per heavy atom. The molecule has 0 atom stereocenters. The molecule has 0 heterocycles. The summed E-state index contributed by atoms with van der Waals surface area (Å²) in [6.07, 6.45) is 0. The van der Waals surface area contributed by atoms with Gasteiger partial charge in [0.05, 0.1) is 0 Å². The summed E-state index contributed by atoms with van der Waals surface area (Å²) in [7, 11) is -3.50. The van der Waals surface area contributed by atoms with Crippen LogP contribution in [0.2, 0.25) is 0 Å². The van der Waals surface area contributed by atoms with Crippen molar-refractivity contribution in [2.24, 2.45) is 5.14 Å². The summed E-state index contributed by atoms with van der Waals surface area (Å²) >= 11 is 0. The minimum Gasteiger partial charge on any atom is -0.412 e. The molecule has 0 aliphatic carbocycles. The van der Waals surface area contributed by atoms with Gasteiger partial charge >= 0.3 is 6.56 Å². The molecule has 0 aliphatic rings. The van der Waals surface area contributed by atoms with E-state index in [2.05, 4.69) is 0 Å². The second-order valence-corrected chi connectivity index (χ2v) is 3.53. The van der Waals surface area contributed by atoms with Gasteiger partial charge in [-0.05, 0) is 0 Å². The topological polar surface area (TPSA) is 123 Å². The van der Waals surface area contributed by atoms with E-state index >= 15 is 0 Å². The number of nitrogens with two attached hydrogens (primary N) is 1. The summed E-state index contributed by atoms with van der Waals surface area (Å²) in [5.41, 5.74) is 0.593. The van der Waals surface area contributed by atoms with Crippen LogP contribution in [0, 0.1) is 0 Å². The zero-order chi connectivity index (χ0) is 8.32. The summed E-state index contributed by atoms with van der Waals surface area (Å²) in [5.74, 6) is 0. The van der Waals surface area contributed by atoms with E-state index in [0.717, 1.165) is 6.56 Å². The first-order valence-electron chi connectivity index (χ1n) is 3.00. The van der Waals surface area contributed by atoms with E-state index in [9.17, 15) is 8.42 Å². The highest BCUT2D eigenvalue weighted by atomic mass is 32.2. The molecular formula is C6H11BNO4S. The fourth-order valence-electron chi connectivity index (χ4n) is 0.721. The van der Waals surface area contributed by atoms with Crippen molar-refractivity contribution in [1.29, 1.82) is 0 Å². The summed E-state index contributed by atoms with van der Waals surface area (Å²) in [6.45, 7) is 1.02. The van der Waals surface area contributed by atoms with E-state index in [1.165, 1.54) is 0 Å². The van der Waals surface area contributed by atoms with Crippen LogP contribution in [0.15, 0.2) is 30.3 Å². The third-order valence-electron chi connectivity index (χ3n) is 1.10. The highest BCUT2D eigenvalue weighted by Gasteiger charge is 2.06. The first-order chi connectivity index (χ1) is 5.08. The van der Waals surface area contributed by atoms with Crippen LogP contribution in [-0.4, -0.2) is 25.9 Å². The molecular weight excluding hydrogens is 193 g/mol. The molecule has 6 N–H and O–H groups in total. The van der Waals surface area contributed by atoms with Crippen LogP contribution in [0.25, 0.3) is 0 Å². The van der Waals surface area contributed by atoms with Crippen LogP contribution < -0.4 is 10.6 Å². The fourth-order valence-corrected chi connectivity index (χ4v) is 1.26. The van der Waals surface area contributed by atoms with Gasteiger partial charge in [0.2, 0.25) is 0 Å².